The van der Waals surface area contributed by atoms with Crippen LogP contribution < -0.4 is 10.5 Å². The van der Waals surface area contributed by atoms with Gasteiger partial charge in [-0.05, 0) is 18.2 Å². The molecule has 0 atom stereocenters. The number of ether oxygens (including phenoxy) is 1. The number of alkyl halides is 2. The van der Waals surface area contributed by atoms with Gasteiger partial charge in [0.05, 0.1) is 5.02 Å². The molecule has 12 heavy (non-hydrogen) atoms. The Morgan fingerprint density at radius 1 is 1.42 bits per heavy atom. The number of rotatable bonds is 2. The van der Waals surface area contributed by atoms with Crippen molar-refractivity contribution in [2.75, 3.05) is 5.73 Å². The van der Waals surface area contributed by atoms with Crippen molar-refractivity contribution in [3.05, 3.63) is 23.2 Å². The van der Waals surface area contributed by atoms with E-state index >= 15 is 0 Å². The first kappa shape index (κ1) is 9.06. The van der Waals surface area contributed by atoms with E-state index in [1.54, 1.807) is 0 Å². The third-order valence-electron chi connectivity index (χ3n) is 1.17. The topological polar surface area (TPSA) is 35.2 Å². The van der Waals surface area contributed by atoms with Gasteiger partial charge < -0.3 is 10.5 Å². The fraction of sp³-hybridized carbons (Fsp3) is 0.143. The van der Waals surface area contributed by atoms with Gasteiger partial charge in [-0.15, -0.1) is 0 Å². The smallest absolute Gasteiger partial charge is 0.387 e. The van der Waals surface area contributed by atoms with E-state index in [0.717, 1.165) is 0 Å². The molecular formula is C7H6ClF2NO. The molecule has 0 aliphatic heterocycles. The Kier molecular flexibility index (Phi) is 2.70. The van der Waals surface area contributed by atoms with E-state index < -0.39 is 6.61 Å². The molecule has 0 saturated carbocycles. The molecule has 0 heterocycles. The van der Waals surface area contributed by atoms with Crippen LogP contribution in [0, 0.1) is 0 Å². The van der Waals surface area contributed by atoms with Crippen molar-refractivity contribution in [2.24, 2.45) is 0 Å². The number of hydrogen-bond donors (Lipinski definition) is 1. The number of nitrogen functional groups attached to an aromatic ring is 1. The molecular weight excluding hydrogens is 188 g/mol. The van der Waals surface area contributed by atoms with Crippen LogP contribution in [0.4, 0.5) is 14.5 Å². The molecule has 1 aromatic carbocycles. The van der Waals surface area contributed by atoms with E-state index in [4.69, 9.17) is 17.3 Å². The summed E-state index contributed by atoms with van der Waals surface area (Å²) in [5.74, 6) is -0.0686. The average Bonchev–Trinajstić information content (AvgIpc) is 1.94. The van der Waals surface area contributed by atoms with E-state index in [2.05, 4.69) is 4.74 Å². The van der Waals surface area contributed by atoms with Crippen molar-refractivity contribution >= 4 is 17.3 Å². The summed E-state index contributed by atoms with van der Waals surface area (Å²) in [7, 11) is 0. The number of anilines is 1. The van der Waals surface area contributed by atoms with Crippen LogP contribution >= 0.6 is 11.6 Å². The van der Waals surface area contributed by atoms with Crippen LogP contribution in [0.2, 0.25) is 5.02 Å². The van der Waals surface area contributed by atoms with Crippen LogP contribution in [0.3, 0.4) is 0 Å². The van der Waals surface area contributed by atoms with Gasteiger partial charge in [0.1, 0.15) is 5.75 Å². The molecule has 1 rings (SSSR count). The van der Waals surface area contributed by atoms with E-state index in [-0.39, 0.29) is 10.8 Å². The highest BCUT2D eigenvalue weighted by Crippen LogP contribution is 2.27. The largest absolute Gasteiger partial charge is 0.433 e. The van der Waals surface area contributed by atoms with Crippen molar-refractivity contribution < 1.29 is 13.5 Å². The van der Waals surface area contributed by atoms with Gasteiger partial charge >= 0.3 is 6.61 Å². The quantitative estimate of drug-likeness (QED) is 0.733. The van der Waals surface area contributed by atoms with Crippen molar-refractivity contribution in [1.82, 2.24) is 0 Å². The highest BCUT2D eigenvalue weighted by Gasteiger charge is 2.07. The molecule has 66 valence electrons. The molecule has 0 fully saturated rings. The van der Waals surface area contributed by atoms with Crippen molar-refractivity contribution in [3.8, 4) is 5.75 Å². The zero-order valence-corrected chi connectivity index (χ0v) is 6.68. The molecule has 1 aromatic rings. The highest BCUT2D eigenvalue weighted by atomic mass is 35.5. The molecule has 0 radical (unpaired) electrons. The number of halogens is 3. The second kappa shape index (κ2) is 3.58. The first-order valence-corrected chi connectivity index (χ1v) is 3.47. The Labute approximate surface area is 72.9 Å². The van der Waals surface area contributed by atoms with Crippen molar-refractivity contribution in [2.45, 2.75) is 6.61 Å². The predicted octanol–water partition coefficient (Wildman–Crippen LogP) is 2.52. The van der Waals surface area contributed by atoms with Crippen molar-refractivity contribution in [3.63, 3.8) is 0 Å². The van der Waals surface area contributed by atoms with E-state index in [1.165, 1.54) is 18.2 Å². The van der Waals surface area contributed by atoms with Crippen LogP contribution in [-0.2, 0) is 0 Å². The fourth-order valence-electron chi connectivity index (χ4n) is 0.709. The SMILES string of the molecule is Nc1ccc(OC(F)F)c(Cl)c1. The highest BCUT2D eigenvalue weighted by molar-refractivity contribution is 6.32. The molecule has 2 N–H and O–H groups in total. The molecule has 2 nitrogen and oxygen atoms in total. The summed E-state index contributed by atoms with van der Waals surface area (Å²) in [4.78, 5) is 0. The fourth-order valence-corrected chi connectivity index (χ4v) is 0.942. The lowest BCUT2D eigenvalue weighted by atomic mass is 10.3. The van der Waals surface area contributed by atoms with Gasteiger partial charge in [0.2, 0.25) is 0 Å². The Morgan fingerprint density at radius 3 is 2.58 bits per heavy atom. The maximum atomic E-state index is 11.7. The first-order valence-electron chi connectivity index (χ1n) is 3.09. The minimum Gasteiger partial charge on any atom is -0.433 e. The van der Waals surface area contributed by atoms with Crippen LogP contribution in [0.15, 0.2) is 18.2 Å². The summed E-state index contributed by atoms with van der Waals surface area (Å²) < 4.78 is 27.5. The van der Waals surface area contributed by atoms with Gasteiger partial charge in [-0.25, -0.2) is 0 Å². The maximum absolute atomic E-state index is 11.7. The zero-order valence-electron chi connectivity index (χ0n) is 5.93. The molecule has 0 aliphatic carbocycles. The van der Waals surface area contributed by atoms with E-state index in [9.17, 15) is 8.78 Å². The zero-order chi connectivity index (χ0) is 9.14. The Hall–Kier alpha value is -1.03. The third-order valence-corrected chi connectivity index (χ3v) is 1.47. The van der Waals surface area contributed by atoms with E-state index in [1.807, 2.05) is 0 Å². The minimum absolute atomic E-state index is 0.0686. The second-order valence-corrected chi connectivity index (χ2v) is 2.48. The van der Waals surface area contributed by atoms with Crippen molar-refractivity contribution in [1.29, 1.82) is 0 Å². The first-order chi connectivity index (χ1) is 5.59. The molecule has 5 heteroatoms. The number of nitrogens with two attached hydrogens (primary N) is 1. The lowest BCUT2D eigenvalue weighted by Gasteiger charge is -2.06. The minimum atomic E-state index is -2.87. The van der Waals surface area contributed by atoms with Crippen LogP contribution in [0.1, 0.15) is 0 Å². The Bertz CT molecular complexity index is 280. The number of benzene rings is 1. The summed E-state index contributed by atoms with van der Waals surface area (Å²) in [6.07, 6.45) is 0. The van der Waals surface area contributed by atoms with Crippen LogP contribution in [0.25, 0.3) is 0 Å². The van der Waals surface area contributed by atoms with Gasteiger partial charge in [-0.1, -0.05) is 11.6 Å². The monoisotopic (exact) mass is 193 g/mol. The third kappa shape index (κ3) is 2.23. The molecule has 0 unspecified atom stereocenters. The van der Waals surface area contributed by atoms with Crippen LogP contribution in [0.5, 0.6) is 5.75 Å². The summed E-state index contributed by atoms with van der Waals surface area (Å²) in [6.45, 7) is -2.87. The van der Waals surface area contributed by atoms with E-state index in [0.29, 0.717) is 5.69 Å². The molecule has 0 amide bonds. The van der Waals surface area contributed by atoms with Gasteiger partial charge in [-0.2, -0.15) is 8.78 Å². The van der Waals surface area contributed by atoms with Gasteiger partial charge in [0.25, 0.3) is 0 Å². The average molecular weight is 194 g/mol. The van der Waals surface area contributed by atoms with Gasteiger partial charge in [-0.3, -0.25) is 0 Å². The summed E-state index contributed by atoms with van der Waals surface area (Å²) >= 11 is 5.54. The predicted molar refractivity (Wildman–Crippen MR) is 42.5 cm³/mol. The number of hydrogen-bond acceptors (Lipinski definition) is 2. The lowest BCUT2D eigenvalue weighted by Crippen LogP contribution is -2.02. The van der Waals surface area contributed by atoms with Gasteiger partial charge in [0.15, 0.2) is 0 Å². The molecule has 0 spiro atoms. The summed E-state index contributed by atoms with van der Waals surface area (Å²) in [6, 6.07) is 4.08. The van der Waals surface area contributed by atoms with Gasteiger partial charge in [0, 0.05) is 5.69 Å². The summed E-state index contributed by atoms with van der Waals surface area (Å²) in [5, 5.41) is 0.0790. The molecule has 0 aromatic heterocycles. The molecule has 0 aliphatic rings. The summed E-state index contributed by atoms with van der Waals surface area (Å²) in [5.41, 5.74) is 5.74. The van der Waals surface area contributed by atoms with Crippen LogP contribution in [-0.4, -0.2) is 6.61 Å². The second-order valence-electron chi connectivity index (χ2n) is 2.07. The Morgan fingerprint density at radius 2 is 2.08 bits per heavy atom. The maximum Gasteiger partial charge on any atom is 0.387 e. The normalized spacial score (nSPS) is 10.3. The molecule has 0 saturated heterocycles. The lowest BCUT2D eigenvalue weighted by molar-refractivity contribution is -0.0497. The standard InChI is InChI=1S/C7H6ClF2NO/c8-5-3-4(11)1-2-6(5)12-7(9)10/h1-3,7H,11H2. The Balaban J connectivity index is 2.86. The molecule has 0 bridgehead atoms.